The van der Waals surface area contributed by atoms with Gasteiger partial charge in [0.2, 0.25) is 5.92 Å². The maximum atomic E-state index is 13.4. The van der Waals surface area contributed by atoms with E-state index in [1.165, 1.54) is 0 Å². The van der Waals surface area contributed by atoms with Crippen molar-refractivity contribution in [1.29, 1.82) is 0 Å². The van der Waals surface area contributed by atoms with Gasteiger partial charge >= 0.3 is 6.09 Å². The van der Waals surface area contributed by atoms with Crippen molar-refractivity contribution >= 4 is 11.9 Å². The van der Waals surface area contributed by atoms with Crippen LogP contribution in [0.25, 0.3) is 0 Å². The second-order valence-corrected chi connectivity index (χ2v) is 7.08. The fourth-order valence-corrected chi connectivity index (χ4v) is 2.53. The number of ketones is 1. The van der Waals surface area contributed by atoms with Gasteiger partial charge in [0, 0.05) is 18.8 Å². The molecule has 0 aliphatic heterocycles. The van der Waals surface area contributed by atoms with Crippen LogP contribution < -0.4 is 5.32 Å². The third kappa shape index (κ3) is 4.93. The predicted octanol–water partition coefficient (Wildman–Crippen LogP) is 3.68. The highest BCUT2D eigenvalue weighted by atomic mass is 19.3. The van der Waals surface area contributed by atoms with Crippen LogP contribution in [0, 0.1) is 5.92 Å². The van der Waals surface area contributed by atoms with Crippen LogP contribution in [0.4, 0.5) is 13.6 Å². The summed E-state index contributed by atoms with van der Waals surface area (Å²) >= 11 is 0. The van der Waals surface area contributed by atoms with Crippen LogP contribution in [-0.2, 0) is 9.53 Å². The Labute approximate surface area is 124 Å². The average molecular weight is 305 g/mol. The lowest BCUT2D eigenvalue weighted by Crippen LogP contribution is -2.59. The smallest absolute Gasteiger partial charge is 0.408 e. The molecule has 1 fully saturated rings. The Morgan fingerprint density at radius 2 is 1.57 bits per heavy atom. The van der Waals surface area contributed by atoms with Crippen molar-refractivity contribution in [2.75, 3.05) is 0 Å². The second kappa shape index (κ2) is 5.89. The molecule has 1 aliphatic rings. The van der Waals surface area contributed by atoms with Crippen molar-refractivity contribution in [1.82, 2.24) is 5.32 Å². The molecule has 21 heavy (non-hydrogen) atoms. The van der Waals surface area contributed by atoms with Crippen molar-refractivity contribution in [3.05, 3.63) is 0 Å². The Morgan fingerprint density at radius 1 is 1.10 bits per heavy atom. The molecule has 0 radical (unpaired) electrons. The molecule has 1 rings (SSSR count). The van der Waals surface area contributed by atoms with Crippen molar-refractivity contribution in [2.24, 2.45) is 5.92 Å². The van der Waals surface area contributed by atoms with Gasteiger partial charge in [-0.2, -0.15) is 0 Å². The van der Waals surface area contributed by atoms with Crippen LogP contribution in [0.1, 0.15) is 60.3 Å². The van der Waals surface area contributed by atoms with E-state index in [-0.39, 0.29) is 24.5 Å². The molecule has 4 nitrogen and oxygen atoms in total. The van der Waals surface area contributed by atoms with Crippen LogP contribution in [0.3, 0.4) is 0 Å². The molecule has 1 saturated carbocycles. The van der Waals surface area contributed by atoms with Crippen LogP contribution >= 0.6 is 0 Å². The van der Waals surface area contributed by atoms with Gasteiger partial charge in [0.25, 0.3) is 0 Å². The molecule has 0 spiro atoms. The number of alkyl halides is 2. The molecular formula is C15H25F2NO3. The summed E-state index contributed by atoms with van der Waals surface area (Å²) in [5.41, 5.74) is -1.94. The molecular weight excluding hydrogens is 280 g/mol. The molecule has 0 atom stereocenters. The lowest BCUT2D eigenvalue weighted by Gasteiger charge is -2.40. The number of nitrogens with one attached hydrogen (secondary N) is 1. The van der Waals surface area contributed by atoms with Gasteiger partial charge in [-0.25, -0.2) is 13.6 Å². The minimum absolute atomic E-state index is 0.0593. The van der Waals surface area contributed by atoms with Crippen LogP contribution in [-0.4, -0.2) is 28.9 Å². The molecule has 1 aliphatic carbocycles. The van der Waals surface area contributed by atoms with E-state index in [4.69, 9.17) is 4.74 Å². The molecule has 1 amide bonds. The fraction of sp³-hybridized carbons (Fsp3) is 0.867. The first-order valence-electron chi connectivity index (χ1n) is 7.30. The zero-order valence-corrected chi connectivity index (χ0v) is 13.4. The molecule has 0 bridgehead atoms. The first-order chi connectivity index (χ1) is 9.37. The van der Waals surface area contributed by atoms with Crippen LogP contribution in [0.2, 0.25) is 0 Å². The molecule has 0 aromatic carbocycles. The number of carbonyl (C=O) groups excluding carboxylic acids is 2. The number of amides is 1. The largest absolute Gasteiger partial charge is 0.444 e. The molecule has 1 N–H and O–H groups in total. The fourth-order valence-electron chi connectivity index (χ4n) is 2.53. The number of alkyl carbamates (subject to hydrolysis) is 1. The minimum atomic E-state index is -2.77. The molecule has 6 heteroatoms. The van der Waals surface area contributed by atoms with Crippen LogP contribution in [0.15, 0.2) is 0 Å². The van der Waals surface area contributed by atoms with E-state index in [1.807, 2.05) is 0 Å². The summed E-state index contributed by atoms with van der Waals surface area (Å²) in [6.07, 6.45) is -1.66. The van der Waals surface area contributed by atoms with Crippen molar-refractivity contribution in [2.45, 2.75) is 77.4 Å². The first-order valence-corrected chi connectivity index (χ1v) is 7.30. The van der Waals surface area contributed by atoms with Gasteiger partial charge in [-0.15, -0.1) is 0 Å². The quantitative estimate of drug-likeness (QED) is 0.865. The zero-order valence-electron chi connectivity index (χ0n) is 13.4. The zero-order chi connectivity index (χ0) is 16.5. The van der Waals surface area contributed by atoms with Gasteiger partial charge in [-0.3, -0.25) is 4.79 Å². The van der Waals surface area contributed by atoms with Crippen molar-refractivity contribution in [3.8, 4) is 0 Å². The number of ether oxygens (including phenoxy) is 1. The summed E-state index contributed by atoms with van der Waals surface area (Å²) < 4.78 is 31.9. The van der Waals surface area contributed by atoms with E-state index in [0.717, 1.165) is 0 Å². The van der Waals surface area contributed by atoms with Crippen molar-refractivity contribution in [3.63, 3.8) is 0 Å². The highest BCUT2D eigenvalue weighted by molar-refractivity contribution is 5.93. The number of rotatable bonds is 3. The van der Waals surface area contributed by atoms with Gasteiger partial charge < -0.3 is 10.1 Å². The van der Waals surface area contributed by atoms with E-state index in [0.29, 0.717) is 0 Å². The van der Waals surface area contributed by atoms with E-state index >= 15 is 0 Å². The van der Waals surface area contributed by atoms with Crippen molar-refractivity contribution < 1.29 is 23.1 Å². The van der Waals surface area contributed by atoms with E-state index in [9.17, 15) is 18.4 Å². The first kappa shape index (κ1) is 17.9. The monoisotopic (exact) mass is 305 g/mol. The SMILES string of the molecule is CC(C)C(=O)C1(NC(=O)OC(C)(C)C)CCC(F)(F)CC1. The summed E-state index contributed by atoms with van der Waals surface area (Å²) in [5.74, 6) is -3.33. The second-order valence-electron chi connectivity index (χ2n) is 7.08. The van der Waals surface area contributed by atoms with Gasteiger partial charge in [-0.05, 0) is 33.6 Å². The summed E-state index contributed by atoms with van der Waals surface area (Å²) in [6.45, 7) is 8.52. The average Bonchev–Trinajstić information content (AvgIpc) is 2.29. The topological polar surface area (TPSA) is 55.4 Å². The number of hydrogen-bond donors (Lipinski definition) is 1. The highest BCUT2D eigenvalue weighted by Gasteiger charge is 2.49. The Kier molecular flexibility index (Phi) is 5.01. The number of halogens is 2. The van der Waals surface area contributed by atoms with Gasteiger partial charge in [0.15, 0.2) is 5.78 Å². The van der Waals surface area contributed by atoms with E-state index in [2.05, 4.69) is 5.32 Å². The van der Waals surface area contributed by atoms with Gasteiger partial charge in [0.05, 0.1) is 0 Å². The molecule has 0 unspecified atom stereocenters. The third-order valence-corrected chi connectivity index (χ3v) is 3.57. The predicted molar refractivity (Wildman–Crippen MR) is 75.4 cm³/mol. The third-order valence-electron chi connectivity index (χ3n) is 3.57. The Bertz CT molecular complexity index is 404. The van der Waals surface area contributed by atoms with E-state index < -0.39 is 36.0 Å². The number of carbonyl (C=O) groups is 2. The summed E-state index contributed by atoms with van der Waals surface area (Å²) in [4.78, 5) is 24.4. The maximum absolute atomic E-state index is 13.4. The number of hydrogen-bond acceptors (Lipinski definition) is 3. The van der Waals surface area contributed by atoms with Gasteiger partial charge in [0.1, 0.15) is 11.1 Å². The highest BCUT2D eigenvalue weighted by Crippen LogP contribution is 2.40. The van der Waals surface area contributed by atoms with Gasteiger partial charge in [-0.1, -0.05) is 13.8 Å². The molecule has 0 aromatic rings. The lowest BCUT2D eigenvalue weighted by molar-refractivity contribution is -0.134. The molecule has 0 heterocycles. The maximum Gasteiger partial charge on any atom is 0.408 e. The Balaban J connectivity index is 2.89. The molecule has 0 aromatic heterocycles. The Hall–Kier alpha value is -1.20. The minimum Gasteiger partial charge on any atom is -0.444 e. The standard InChI is InChI=1S/C15H25F2NO3/c1-10(2)11(19)14(6-8-15(16,17)9-7-14)18-12(20)21-13(3,4)5/h10H,6-9H2,1-5H3,(H,18,20). The molecule has 0 saturated heterocycles. The Morgan fingerprint density at radius 3 is 1.95 bits per heavy atom. The number of Topliss-reactive ketones (excluding diaryl/α,β-unsaturated/α-hetero) is 1. The summed E-state index contributed by atoms with van der Waals surface area (Å²) in [5, 5.41) is 2.56. The lowest BCUT2D eigenvalue weighted by atomic mass is 9.74. The van der Waals surface area contributed by atoms with E-state index in [1.54, 1.807) is 34.6 Å². The normalized spacial score (nSPS) is 21.0. The molecule has 122 valence electrons. The summed E-state index contributed by atoms with van der Waals surface area (Å²) in [7, 11) is 0. The summed E-state index contributed by atoms with van der Waals surface area (Å²) in [6, 6.07) is 0. The van der Waals surface area contributed by atoms with Crippen LogP contribution in [0.5, 0.6) is 0 Å².